The maximum atomic E-state index is 12.9. The van der Waals surface area contributed by atoms with E-state index < -0.39 is 6.10 Å². The summed E-state index contributed by atoms with van der Waals surface area (Å²) in [4.78, 5) is 38.2. The molecule has 0 radical (unpaired) electrons. The molecule has 0 N–H and O–H groups in total. The molecule has 6 heteroatoms. The summed E-state index contributed by atoms with van der Waals surface area (Å²) in [5.41, 5.74) is 0. The van der Waals surface area contributed by atoms with Crippen molar-refractivity contribution in [3.05, 3.63) is 134 Å². The third kappa shape index (κ3) is 58.3. The number of hydrogen-bond donors (Lipinski definition) is 0. The van der Waals surface area contributed by atoms with Crippen LogP contribution in [0.4, 0.5) is 0 Å². The molecule has 0 saturated carbocycles. The molecule has 73 heavy (non-hydrogen) atoms. The number of esters is 3. The van der Waals surface area contributed by atoms with Gasteiger partial charge in [0.05, 0.1) is 0 Å². The number of allylic oxidation sites excluding steroid dienone is 22. The number of ether oxygens (including phenoxy) is 3. The Kier molecular flexibility index (Phi) is 56.4. The Morgan fingerprint density at radius 2 is 0.548 bits per heavy atom. The van der Waals surface area contributed by atoms with Gasteiger partial charge >= 0.3 is 17.9 Å². The Bertz CT molecular complexity index is 1580. The fourth-order valence-electron chi connectivity index (χ4n) is 7.67. The minimum Gasteiger partial charge on any atom is -0.462 e. The third-order valence-corrected chi connectivity index (χ3v) is 12.1. The van der Waals surface area contributed by atoms with E-state index in [2.05, 4.69) is 154 Å². The van der Waals surface area contributed by atoms with Gasteiger partial charge in [-0.15, -0.1) is 0 Å². The monoisotopic (exact) mass is 1010 g/mol. The Morgan fingerprint density at radius 3 is 0.890 bits per heavy atom. The van der Waals surface area contributed by atoms with Crippen LogP contribution in [0, 0.1) is 0 Å². The van der Waals surface area contributed by atoms with Crippen LogP contribution >= 0.6 is 0 Å². The summed E-state index contributed by atoms with van der Waals surface area (Å²) in [6, 6.07) is 0. The molecule has 0 fully saturated rings. The molecule has 0 amide bonds. The van der Waals surface area contributed by atoms with E-state index in [0.717, 1.165) is 128 Å². The summed E-state index contributed by atoms with van der Waals surface area (Å²) in [6.07, 6.45) is 84.4. The molecule has 0 saturated heterocycles. The average molecular weight is 1010 g/mol. The first-order valence-corrected chi connectivity index (χ1v) is 29.7. The molecule has 0 aliphatic heterocycles. The first kappa shape index (κ1) is 68.6. The lowest BCUT2D eigenvalue weighted by Gasteiger charge is -2.18. The van der Waals surface area contributed by atoms with Crippen LogP contribution in [-0.4, -0.2) is 37.2 Å². The van der Waals surface area contributed by atoms with Gasteiger partial charge in [0, 0.05) is 19.3 Å². The molecule has 6 nitrogen and oxygen atoms in total. The molecule has 0 aromatic carbocycles. The van der Waals surface area contributed by atoms with Crippen molar-refractivity contribution in [1.82, 2.24) is 0 Å². The zero-order chi connectivity index (χ0) is 52.9. The number of hydrogen-bond acceptors (Lipinski definition) is 6. The van der Waals surface area contributed by atoms with Crippen LogP contribution in [0.1, 0.15) is 252 Å². The minimum absolute atomic E-state index is 0.112. The number of rotatable bonds is 52. The molecule has 0 bridgehead atoms. The smallest absolute Gasteiger partial charge is 0.306 e. The van der Waals surface area contributed by atoms with Crippen molar-refractivity contribution >= 4 is 17.9 Å². The van der Waals surface area contributed by atoms with Crippen molar-refractivity contribution in [2.24, 2.45) is 0 Å². The van der Waals surface area contributed by atoms with Gasteiger partial charge in [-0.2, -0.15) is 0 Å². The zero-order valence-electron chi connectivity index (χ0n) is 47.1. The molecule has 0 spiro atoms. The van der Waals surface area contributed by atoms with Crippen LogP contribution in [0.25, 0.3) is 0 Å². The van der Waals surface area contributed by atoms with Crippen molar-refractivity contribution in [3.63, 3.8) is 0 Å². The Hall–Kier alpha value is -4.45. The van der Waals surface area contributed by atoms with Gasteiger partial charge in [-0.25, -0.2) is 0 Å². The van der Waals surface area contributed by atoms with Crippen LogP contribution in [0.3, 0.4) is 0 Å². The number of unbranched alkanes of at least 4 members (excludes halogenated alkanes) is 19. The predicted molar refractivity (Wildman–Crippen MR) is 316 cm³/mol. The van der Waals surface area contributed by atoms with E-state index >= 15 is 0 Å². The highest BCUT2D eigenvalue weighted by Gasteiger charge is 2.19. The molecule has 0 rings (SSSR count). The van der Waals surface area contributed by atoms with E-state index in [9.17, 15) is 14.4 Å². The average Bonchev–Trinajstić information content (AvgIpc) is 3.39. The maximum absolute atomic E-state index is 12.9. The van der Waals surface area contributed by atoms with Crippen LogP contribution < -0.4 is 0 Å². The maximum Gasteiger partial charge on any atom is 0.306 e. The van der Waals surface area contributed by atoms with Crippen LogP contribution in [0.15, 0.2) is 134 Å². The van der Waals surface area contributed by atoms with Gasteiger partial charge in [0.1, 0.15) is 13.2 Å². The first-order valence-electron chi connectivity index (χ1n) is 29.7. The quantitative estimate of drug-likeness (QED) is 0.0261. The second-order valence-corrected chi connectivity index (χ2v) is 19.2. The largest absolute Gasteiger partial charge is 0.462 e. The standard InChI is InChI=1S/C67H108O6/c1-4-7-10-13-16-19-22-25-28-31-33-36-39-42-45-48-51-54-57-60-66(69)72-63-64(62-71-65(68)59-56-53-50-47-44-41-38-35-30-27-24-21-18-15-12-9-6-3)73-67(70)61-58-55-52-49-46-43-40-37-34-32-29-26-23-20-17-14-11-8-5-2/h9,12,16-21,25-30,33-34,36-38,41,47,50,64H,4-8,10-11,13-15,22-24,31-32,35,39-40,42-46,48-49,51-63H2,1-3H3/b12-9-,19-16-,20-17-,21-18-,28-25-,29-26-,30-27-,36-33-,37-34-,41-38-,50-47-. The normalized spacial score (nSPS) is 13.1. The second kappa shape index (κ2) is 60.1. The first-order chi connectivity index (χ1) is 36.0. The van der Waals surface area contributed by atoms with Gasteiger partial charge in [0.25, 0.3) is 0 Å². The Labute approximate surface area is 449 Å². The van der Waals surface area contributed by atoms with Crippen molar-refractivity contribution < 1.29 is 28.6 Å². The van der Waals surface area contributed by atoms with Gasteiger partial charge in [0.15, 0.2) is 6.10 Å². The fraction of sp³-hybridized carbons (Fsp3) is 0.627. The highest BCUT2D eigenvalue weighted by atomic mass is 16.6. The molecular weight excluding hydrogens is 901 g/mol. The van der Waals surface area contributed by atoms with Gasteiger partial charge < -0.3 is 14.2 Å². The summed E-state index contributed by atoms with van der Waals surface area (Å²) >= 11 is 0. The number of carbonyl (C=O) groups excluding carboxylic acids is 3. The zero-order valence-corrected chi connectivity index (χ0v) is 47.1. The van der Waals surface area contributed by atoms with Crippen LogP contribution in [-0.2, 0) is 28.6 Å². The van der Waals surface area contributed by atoms with E-state index in [1.165, 1.54) is 77.0 Å². The summed E-state index contributed by atoms with van der Waals surface area (Å²) in [7, 11) is 0. The predicted octanol–water partition coefficient (Wildman–Crippen LogP) is 20.2. The highest BCUT2D eigenvalue weighted by molar-refractivity contribution is 5.71. The van der Waals surface area contributed by atoms with Gasteiger partial charge in [0.2, 0.25) is 0 Å². The molecule has 1 atom stereocenters. The van der Waals surface area contributed by atoms with E-state index in [-0.39, 0.29) is 37.5 Å². The van der Waals surface area contributed by atoms with Crippen molar-refractivity contribution in [1.29, 1.82) is 0 Å². The SMILES string of the molecule is CC/C=C\C/C=C\C/C=C\C/C=C\C/C=C\CCCC(=O)OCC(COC(=O)CCCCCCCC/C=C\C/C=C\C/C=C\CCCCC)OC(=O)CCCCCCCC/C=C\C/C=C\C/C=C\CCCCC. The molecule has 1 unspecified atom stereocenters. The van der Waals surface area contributed by atoms with E-state index in [1.807, 2.05) is 0 Å². The van der Waals surface area contributed by atoms with E-state index in [0.29, 0.717) is 19.3 Å². The molecule has 0 aromatic rings. The van der Waals surface area contributed by atoms with Crippen LogP contribution in [0.2, 0.25) is 0 Å². The summed E-state index contributed by atoms with van der Waals surface area (Å²) in [5.74, 6) is -1.000. The van der Waals surface area contributed by atoms with Gasteiger partial charge in [-0.3, -0.25) is 14.4 Å². The molecule has 0 aliphatic carbocycles. The molecule has 0 aromatic heterocycles. The number of carbonyl (C=O) groups is 3. The third-order valence-electron chi connectivity index (χ3n) is 12.1. The minimum atomic E-state index is -0.820. The molecule has 0 aliphatic rings. The lowest BCUT2D eigenvalue weighted by Crippen LogP contribution is -2.30. The lowest BCUT2D eigenvalue weighted by molar-refractivity contribution is -0.167. The molecular formula is C67H108O6. The van der Waals surface area contributed by atoms with Gasteiger partial charge in [-0.05, 0) is 135 Å². The van der Waals surface area contributed by atoms with Crippen molar-refractivity contribution in [3.8, 4) is 0 Å². The van der Waals surface area contributed by atoms with Gasteiger partial charge in [-0.1, -0.05) is 231 Å². The molecule has 412 valence electrons. The van der Waals surface area contributed by atoms with Crippen molar-refractivity contribution in [2.75, 3.05) is 13.2 Å². The Balaban J connectivity index is 4.54. The fourth-order valence-corrected chi connectivity index (χ4v) is 7.67. The van der Waals surface area contributed by atoms with E-state index in [1.54, 1.807) is 0 Å². The van der Waals surface area contributed by atoms with Crippen molar-refractivity contribution in [2.45, 2.75) is 258 Å². The Morgan fingerprint density at radius 1 is 0.288 bits per heavy atom. The summed E-state index contributed by atoms with van der Waals surface area (Å²) < 4.78 is 16.8. The second-order valence-electron chi connectivity index (χ2n) is 19.2. The lowest BCUT2D eigenvalue weighted by atomic mass is 10.1. The van der Waals surface area contributed by atoms with E-state index in [4.69, 9.17) is 14.2 Å². The summed E-state index contributed by atoms with van der Waals surface area (Å²) in [5, 5.41) is 0. The highest BCUT2D eigenvalue weighted by Crippen LogP contribution is 2.13. The topological polar surface area (TPSA) is 78.9 Å². The molecule has 0 heterocycles. The summed E-state index contributed by atoms with van der Waals surface area (Å²) in [6.45, 7) is 6.40. The van der Waals surface area contributed by atoms with Crippen LogP contribution in [0.5, 0.6) is 0 Å².